The van der Waals surface area contributed by atoms with Crippen molar-refractivity contribution in [2.24, 2.45) is 0 Å². The summed E-state index contributed by atoms with van der Waals surface area (Å²) >= 11 is 1.49. The Morgan fingerprint density at radius 3 is 2.52 bits per heavy atom. The molecule has 0 unspecified atom stereocenters. The average Bonchev–Trinajstić information content (AvgIpc) is 2.53. The Hall–Kier alpha value is -1.85. The monoisotopic (exact) mass is 330 g/mol. The molecule has 2 rings (SSSR count). The SMILES string of the molecule is CC(C)(C)c1ccc(SCC(=O)Nc2cnccc2CO)cc1. The Morgan fingerprint density at radius 1 is 1.22 bits per heavy atom. The number of carbonyl (C=O) groups is 1. The maximum absolute atomic E-state index is 12.0. The number of aliphatic hydroxyl groups excluding tert-OH is 1. The molecule has 0 saturated heterocycles. The zero-order valence-corrected chi connectivity index (χ0v) is 14.5. The zero-order chi connectivity index (χ0) is 16.9. The summed E-state index contributed by atoms with van der Waals surface area (Å²) in [4.78, 5) is 17.1. The fourth-order valence-corrected chi connectivity index (χ4v) is 2.76. The van der Waals surface area contributed by atoms with Gasteiger partial charge in [-0.05, 0) is 29.2 Å². The number of aliphatic hydroxyl groups is 1. The van der Waals surface area contributed by atoms with Crippen LogP contribution in [0.15, 0.2) is 47.6 Å². The Balaban J connectivity index is 1.92. The lowest BCUT2D eigenvalue weighted by atomic mass is 9.87. The summed E-state index contributed by atoms with van der Waals surface area (Å²) in [6.07, 6.45) is 3.14. The molecule has 1 aromatic carbocycles. The molecule has 122 valence electrons. The van der Waals surface area contributed by atoms with E-state index in [0.29, 0.717) is 17.0 Å². The number of nitrogens with one attached hydrogen (secondary N) is 1. The first kappa shape index (κ1) is 17.5. The lowest BCUT2D eigenvalue weighted by Gasteiger charge is -2.19. The van der Waals surface area contributed by atoms with Crippen molar-refractivity contribution in [2.75, 3.05) is 11.1 Å². The van der Waals surface area contributed by atoms with Gasteiger partial charge in [-0.2, -0.15) is 0 Å². The van der Waals surface area contributed by atoms with Crippen LogP contribution in [0.3, 0.4) is 0 Å². The number of hydrogen-bond acceptors (Lipinski definition) is 4. The predicted octanol–water partition coefficient (Wildman–Crippen LogP) is 3.60. The van der Waals surface area contributed by atoms with E-state index in [0.717, 1.165) is 4.90 Å². The van der Waals surface area contributed by atoms with Gasteiger partial charge < -0.3 is 10.4 Å². The number of amides is 1. The van der Waals surface area contributed by atoms with E-state index in [9.17, 15) is 9.90 Å². The predicted molar refractivity (Wildman–Crippen MR) is 94.7 cm³/mol. The first-order valence-corrected chi connectivity index (χ1v) is 8.45. The summed E-state index contributed by atoms with van der Waals surface area (Å²) in [6.45, 7) is 6.40. The van der Waals surface area contributed by atoms with Crippen LogP contribution in [0.4, 0.5) is 5.69 Å². The van der Waals surface area contributed by atoms with Crippen molar-refractivity contribution >= 4 is 23.4 Å². The topological polar surface area (TPSA) is 62.2 Å². The van der Waals surface area contributed by atoms with Crippen LogP contribution in [-0.4, -0.2) is 21.8 Å². The number of benzene rings is 1. The molecule has 0 fully saturated rings. The number of thioether (sulfide) groups is 1. The van der Waals surface area contributed by atoms with Gasteiger partial charge >= 0.3 is 0 Å². The number of aromatic nitrogens is 1. The Kier molecular flexibility index (Phi) is 5.80. The summed E-state index contributed by atoms with van der Waals surface area (Å²) in [6, 6.07) is 9.98. The Bertz CT molecular complexity index is 663. The van der Waals surface area contributed by atoms with Gasteiger partial charge in [-0.1, -0.05) is 32.9 Å². The fraction of sp³-hybridized carbons (Fsp3) is 0.333. The highest BCUT2D eigenvalue weighted by Crippen LogP contribution is 2.25. The second kappa shape index (κ2) is 7.62. The first-order chi connectivity index (χ1) is 10.9. The van der Waals surface area contributed by atoms with E-state index in [1.54, 1.807) is 18.5 Å². The van der Waals surface area contributed by atoms with Gasteiger partial charge in [0.15, 0.2) is 0 Å². The van der Waals surface area contributed by atoms with Crippen molar-refractivity contribution < 1.29 is 9.90 Å². The van der Waals surface area contributed by atoms with Crippen LogP contribution in [0.5, 0.6) is 0 Å². The smallest absolute Gasteiger partial charge is 0.234 e. The maximum atomic E-state index is 12.0. The van der Waals surface area contributed by atoms with Gasteiger partial charge in [0.2, 0.25) is 5.91 Å². The van der Waals surface area contributed by atoms with E-state index >= 15 is 0 Å². The molecule has 1 aromatic heterocycles. The third kappa shape index (κ3) is 5.08. The minimum atomic E-state index is -0.125. The molecule has 0 radical (unpaired) electrons. The van der Waals surface area contributed by atoms with Gasteiger partial charge in [0.25, 0.3) is 0 Å². The van der Waals surface area contributed by atoms with Gasteiger partial charge in [-0.3, -0.25) is 9.78 Å². The van der Waals surface area contributed by atoms with Gasteiger partial charge in [-0.15, -0.1) is 11.8 Å². The Labute approximate surface area is 141 Å². The standard InChI is InChI=1S/C18H22N2O2S/c1-18(2,3)14-4-6-15(7-5-14)23-12-17(22)20-16-10-19-9-8-13(16)11-21/h4-10,21H,11-12H2,1-3H3,(H,20,22). The fourth-order valence-electron chi connectivity index (χ4n) is 2.06. The average molecular weight is 330 g/mol. The normalized spacial score (nSPS) is 11.3. The highest BCUT2D eigenvalue weighted by molar-refractivity contribution is 8.00. The van der Waals surface area contributed by atoms with Crippen molar-refractivity contribution in [3.05, 3.63) is 53.9 Å². The van der Waals surface area contributed by atoms with E-state index in [2.05, 4.69) is 43.2 Å². The van der Waals surface area contributed by atoms with Crippen LogP contribution in [0.2, 0.25) is 0 Å². The van der Waals surface area contributed by atoms with E-state index in [1.807, 2.05) is 12.1 Å². The summed E-state index contributed by atoms with van der Waals surface area (Å²) in [7, 11) is 0. The maximum Gasteiger partial charge on any atom is 0.234 e. The molecule has 2 N–H and O–H groups in total. The molecule has 0 bridgehead atoms. The van der Waals surface area contributed by atoms with Crippen LogP contribution in [0.1, 0.15) is 31.9 Å². The first-order valence-electron chi connectivity index (χ1n) is 7.47. The molecule has 23 heavy (non-hydrogen) atoms. The van der Waals surface area contributed by atoms with E-state index in [4.69, 9.17) is 0 Å². The number of hydrogen-bond donors (Lipinski definition) is 2. The summed E-state index contributed by atoms with van der Waals surface area (Å²) < 4.78 is 0. The van der Waals surface area contributed by atoms with E-state index < -0.39 is 0 Å². The molecule has 2 aromatic rings. The Morgan fingerprint density at radius 2 is 1.91 bits per heavy atom. The van der Waals surface area contributed by atoms with Crippen molar-refractivity contribution in [1.29, 1.82) is 0 Å². The van der Waals surface area contributed by atoms with Gasteiger partial charge in [-0.25, -0.2) is 0 Å². The van der Waals surface area contributed by atoms with E-state index in [1.165, 1.54) is 17.3 Å². The molecule has 0 aliphatic carbocycles. The third-order valence-electron chi connectivity index (χ3n) is 3.45. The lowest BCUT2D eigenvalue weighted by molar-refractivity contribution is -0.113. The largest absolute Gasteiger partial charge is 0.392 e. The van der Waals surface area contributed by atoms with E-state index in [-0.39, 0.29) is 17.9 Å². The highest BCUT2D eigenvalue weighted by atomic mass is 32.2. The minimum Gasteiger partial charge on any atom is -0.392 e. The number of pyridine rings is 1. The molecule has 0 aliphatic heterocycles. The molecule has 4 nitrogen and oxygen atoms in total. The molecule has 1 amide bonds. The third-order valence-corrected chi connectivity index (χ3v) is 4.46. The van der Waals surface area contributed by atoms with Gasteiger partial charge in [0.1, 0.15) is 0 Å². The number of anilines is 1. The molecule has 0 spiro atoms. The quantitative estimate of drug-likeness (QED) is 0.822. The lowest BCUT2D eigenvalue weighted by Crippen LogP contribution is -2.15. The summed E-state index contributed by atoms with van der Waals surface area (Å²) in [5, 5.41) is 12.0. The van der Waals surface area contributed by atoms with Crippen molar-refractivity contribution in [3.63, 3.8) is 0 Å². The molecule has 5 heteroatoms. The zero-order valence-electron chi connectivity index (χ0n) is 13.7. The van der Waals surface area contributed by atoms with Crippen molar-refractivity contribution in [3.8, 4) is 0 Å². The molecule has 0 atom stereocenters. The summed E-state index contributed by atoms with van der Waals surface area (Å²) in [5.41, 5.74) is 2.62. The molecule has 1 heterocycles. The molecule has 0 aliphatic rings. The van der Waals surface area contributed by atoms with Crippen molar-refractivity contribution in [1.82, 2.24) is 4.98 Å². The van der Waals surface area contributed by atoms with Gasteiger partial charge in [0, 0.05) is 16.7 Å². The summed E-state index contributed by atoms with van der Waals surface area (Å²) in [5.74, 6) is 0.201. The highest BCUT2D eigenvalue weighted by Gasteiger charge is 2.13. The number of carbonyl (C=O) groups excluding carboxylic acids is 1. The molecule has 0 saturated carbocycles. The molecular weight excluding hydrogens is 308 g/mol. The number of rotatable bonds is 5. The van der Waals surface area contributed by atoms with Crippen molar-refractivity contribution in [2.45, 2.75) is 37.7 Å². The van der Waals surface area contributed by atoms with Gasteiger partial charge in [0.05, 0.1) is 24.2 Å². The minimum absolute atomic E-state index is 0.113. The number of nitrogens with zero attached hydrogens (tertiary/aromatic N) is 1. The second-order valence-corrected chi connectivity index (χ2v) is 7.35. The second-order valence-electron chi connectivity index (χ2n) is 6.30. The van der Waals surface area contributed by atoms with Crippen LogP contribution < -0.4 is 5.32 Å². The van der Waals surface area contributed by atoms with Crippen LogP contribution in [0, 0.1) is 0 Å². The van der Waals surface area contributed by atoms with Crippen LogP contribution >= 0.6 is 11.8 Å². The molecular formula is C18H22N2O2S. The van der Waals surface area contributed by atoms with Crippen LogP contribution in [0.25, 0.3) is 0 Å². The van der Waals surface area contributed by atoms with Crippen LogP contribution in [-0.2, 0) is 16.8 Å².